The summed E-state index contributed by atoms with van der Waals surface area (Å²) in [6, 6.07) is 7.19. The molecular formula is C18H20N4O2. The first-order chi connectivity index (χ1) is 11.6. The Labute approximate surface area is 140 Å². The van der Waals surface area contributed by atoms with Crippen LogP contribution in [0.15, 0.2) is 30.5 Å². The van der Waals surface area contributed by atoms with Crippen LogP contribution in [-0.4, -0.2) is 39.0 Å². The van der Waals surface area contributed by atoms with Crippen LogP contribution >= 0.6 is 0 Å². The minimum absolute atomic E-state index is 0.0467. The van der Waals surface area contributed by atoms with Gasteiger partial charge in [-0.05, 0) is 61.9 Å². The van der Waals surface area contributed by atoms with Crippen LogP contribution in [0, 0.1) is 0 Å². The van der Waals surface area contributed by atoms with Gasteiger partial charge in [-0.1, -0.05) is 0 Å². The Balaban J connectivity index is 1.57. The van der Waals surface area contributed by atoms with E-state index in [1.54, 1.807) is 24.3 Å². The molecule has 6 nitrogen and oxygen atoms in total. The number of rotatable bonds is 4. The second kappa shape index (κ2) is 5.78. The van der Waals surface area contributed by atoms with Gasteiger partial charge in [-0.25, -0.2) is 0 Å². The van der Waals surface area contributed by atoms with Gasteiger partial charge in [0, 0.05) is 28.9 Å². The number of hydrogen-bond acceptors (Lipinski definition) is 3. The van der Waals surface area contributed by atoms with Crippen LogP contribution in [-0.2, 0) is 12.8 Å². The Morgan fingerprint density at radius 2 is 1.79 bits per heavy atom. The highest BCUT2D eigenvalue weighted by Crippen LogP contribution is 2.34. The molecule has 0 aliphatic heterocycles. The number of hydrogen-bond donors (Lipinski definition) is 2. The molecule has 2 amide bonds. The molecule has 4 rings (SSSR count). The second-order valence-corrected chi connectivity index (χ2v) is 6.66. The lowest BCUT2D eigenvalue weighted by Crippen LogP contribution is -2.44. The Hall–Kier alpha value is -2.63. The van der Waals surface area contributed by atoms with Crippen LogP contribution < -0.4 is 5.73 Å². The molecule has 0 bridgehead atoms. The minimum atomic E-state index is -0.479. The van der Waals surface area contributed by atoms with E-state index in [0.29, 0.717) is 17.2 Å². The third-order valence-corrected chi connectivity index (χ3v) is 4.98. The molecule has 1 saturated carbocycles. The lowest BCUT2D eigenvalue weighted by atomic mass is 9.91. The number of benzene rings is 1. The number of carbonyl (C=O) groups excluding carboxylic acids is 2. The summed E-state index contributed by atoms with van der Waals surface area (Å²) >= 11 is 0. The minimum Gasteiger partial charge on any atom is -0.366 e. The van der Waals surface area contributed by atoms with E-state index in [2.05, 4.69) is 15.1 Å². The predicted octanol–water partition coefficient (Wildman–Crippen LogP) is 1.67. The van der Waals surface area contributed by atoms with E-state index < -0.39 is 5.91 Å². The first-order valence-corrected chi connectivity index (χ1v) is 8.37. The number of aromatic nitrogens is 2. The topological polar surface area (TPSA) is 92.1 Å². The molecule has 1 fully saturated rings. The Morgan fingerprint density at radius 3 is 2.46 bits per heavy atom. The highest BCUT2D eigenvalue weighted by atomic mass is 16.2. The van der Waals surface area contributed by atoms with Crippen molar-refractivity contribution in [3.63, 3.8) is 0 Å². The van der Waals surface area contributed by atoms with E-state index >= 15 is 0 Å². The molecule has 6 heteroatoms. The van der Waals surface area contributed by atoms with E-state index in [0.717, 1.165) is 32.1 Å². The first kappa shape index (κ1) is 14.9. The molecule has 24 heavy (non-hydrogen) atoms. The number of aromatic amines is 1. The van der Waals surface area contributed by atoms with Crippen LogP contribution in [0.4, 0.5) is 0 Å². The van der Waals surface area contributed by atoms with Gasteiger partial charge in [0.15, 0.2) is 0 Å². The van der Waals surface area contributed by atoms with Gasteiger partial charge in [0.1, 0.15) is 0 Å². The Kier molecular flexibility index (Phi) is 3.59. The van der Waals surface area contributed by atoms with Gasteiger partial charge in [0.2, 0.25) is 5.91 Å². The molecule has 2 aliphatic rings. The number of primary amides is 1. The fraction of sp³-hybridized carbons (Fsp3) is 0.389. The van der Waals surface area contributed by atoms with Crippen LogP contribution in [0.1, 0.15) is 51.2 Å². The SMILES string of the molecule is NC(=O)c1ccc(C(=O)N(C2CC2)C2CCc3[nH]ncc3C2)cc1. The number of H-pyrrole nitrogens is 1. The molecule has 3 N–H and O–H groups in total. The fourth-order valence-electron chi connectivity index (χ4n) is 3.54. The van der Waals surface area contributed by atoms with Crippen LogP contribution in [0.2, 0.25) is 0 Å². The van der Waals surface area contributed by atoms with E-state index in [9.17, 15) is 9.59 Å². The number of carbonyl (C=O) groups is 2. The number of aryl methyl sites for hydroxylation is 1. The van der Waals surface area contributed by atoms with Crippen molar-refractivity contribution in [1.29, 1.82) is 0 Å². The van der Waals surface area contributed by atoms with Crippen molar-refractivity contribution in [1.82, 2.24) is 15.1 Å². The zero-order valence-corrected chi connectivity index (χ0v) is 13.4. The highest BCUT2D eigenvalue weighted by molar-refractivity contribution is 5.97. The quantitative estimate of drug-likeness (QED) is 0.896. The van der Waals surface area contributed by atoms with Crippen LogP contribution in [0.25, 0.3) is 0 Å². The van der Waals surface area contributed by atoms with Crippen molar-refractivity contribution in [2.75, 3.05) is 0 Å². The Morgan fingerprint density at radius 1 is 1.08 bits per heavy atom. The van der Waals surface area contributed by atoms with Crippen LogP contribution in [0.5, 0.6) is 0 Å². The number of nitrogens with two attached hydrogens (primary N) is 1. The maximum atomic E-state index is 13.0. The molecule has 124 valence electrons. The maximum absolute atomic E-state index is 13.0. The summed E-state index contributed by atoms with van der Waals surface area (Å²) < 4.78 is 0. The van der Waals surface area contributed by atoms with Crippen molar-refractivity contribution >= 4 is 11.8 Å². The molecule has 1 unspecified atom stereocenters. The smallest absolute Gasteiger partial charge is 0.254 e. The fourth-order valence-corrected chi connectivity index (χ4v) is 3.54. The van der Waals surface area contributed by atoms with Gasteiger partial charge >= 0.3 is 0 Å². The number of fused-ring (bicyclic) bond motifs is 1. The standard InChI is InChI=1S/C18H20N4O2/c19-17(23)11-1-3-12(4-2-11)18(24)22(14-5-6-14)15-7-8-16-13(9-15)10-20-21-16/h1-4,10,14-15H,5-9H2,(H2,19,23)(H,20,21). The van der Waals surface area contributed by atoms with Gasteiger partial charge < -0.3 is 10.6 Å². The predicted molar refractivity (Wildman–Crippen MR) is 88.6 cm³/mol. The van der Waals surface area contributed by atoms with Gasteiger partial charge in [0.05, 0.1) is 6.20 Å². The van der Waals surface area contributed by atoms with Gasteiger partial charge in [-0.15, -0.1) is 0 Å². The van der Waals surface area contributed by atoms with Crippen molar-refractivity contribution in [3.8, 4) is 0 Å². The van der Waals surface area contributed by atoms with Crippen molar-refractivity contribution in [2.24, 2.45) is 5.73 Å². The Bertz CT molecular complexity index is 777. The molecule has 0 radical (unpaired) electrons. The van der Waals surface area contributed by atoms with Crippen molar-refractivity contribution in [3.05, 3.63) is 52.8 Å². The zero-order valence-electron chi connectivity index (χ0n) is 13.4. The normalized spacial score (nSPS) is 19.6. The average Bonchev–Trinajstić information content (AvgIpc) is 3.31. The molecule has 2 aromatic rings. The molecule has 1 aromatic heterocycles. The molecule has 0 spiro atoms. The number of amides is 2. The largest absolute Gasteiger partial charge is 0.366 e. The molecule has 1 atom stereocenters. The third-order valence-electron chi connectivity index (χ3n) is 4.98. The second-order valence-electron chi connectivity index (χ2n) is 6.66. The summed E-state index contributed by atoms with van der Waals surface area (Å²) in [4.78, 5) is 26.3. The number of nitrogens with zero attached hydrogens (tertiary/aromatic N) is 2. The lowest BCUT2D eigenvalue weighted by molar-refractivity contribution is 0.0642. The molecular weight excluding hydrogens is 304 g/mol. The summed E-state index contributed by atoms with van der Waals surface area (Å²) in [7, 11) is 0. The van der Waals surface area contributed by atoms with E-state index in [1.165, 1.54) is 11.3 Å². The molecule has 1 aromatic carbocycles. The third kappa shape index (κ3) is 2.68. The van der Waals surface area contributed by atoms with Gasteiger partial charge in [0.25, 0.3) is 5.91 Å². The molecule has 1 heterocycles. The summed E-state index contributed by atoms with van der Waals surface area (Å²) in [5, 5.41) is 7.16. The zero-order chi connectivity index (χ0) is 16.7. The lowest BCUT2D eigenvalue weighted by Gasteiger charge is -2.34. The average molecular weight is 324 g/mol. The summed E-state index contributed by atoms with van der Waals surface area (Å²) in [5.41, 5.74) is 8.72. The first-order valence-electron chi connectivity index (χ1n) is 8.37. The van der Waals surface area contributed by atoms with E-state index in [-0.39, 0.29) is 11.9 Å². The summed E-state index contributed by atoms with van der Waals surface area (Å²) in [6.07, 6.45) is 6.75. The van der Waals surface area contributed by atoms with E-state index in [1.807, 2.05) is 6.20 Å². The molecule has 2 aliphatic carbocycles. The van der Waals surface area contributed by atoms with Crippen LogP contribution in [0.3, 0.4) is 0 Å². The maximum Gasteiger partial charge on any atom is 0.254 e. The monoisotopic (exact) mass is 324 g/mol. The van der Waals surface area contributed by atoms with E-state index in [4.69, 9.17) is 5.73 Å². The van der Waals surface area contributed by atoms with Crippen molar-refractivity contribution in [2.45, 2.75) is 44.2 Å². The van der Waals surface area contributed by atoms with Crippen molar-refractivity contribution < 1.29 is 9.59 Å². The highest BCUT2D eigenvalue weighted by Gasteiger charge is 2.39. The van der Waals surface area contributed by atoms with Gasteiger partial charge in [-0.3, -0.25) is 14.7 Å². The molecule has 0 saturated heterocycles. The van der Waals surface area contributed by atoms with Gasteiger partial charge in [-0.2, -0.15) is 5.10 Å². The summed E-state index contributed by atoms with van der Waals surface area (Å²) in [6.45, 7) is 0. The number of nitrogens with one attached hydrogen (secondary N) is 1. The summed E-state index contributed by atoms with van der Waals surface area (Å²) in [5.74, 6) is -0.432.